The van der Waals surface area contributed by atoms with Gasteiger partial charge in [0.05, 0.1) is 6.54 Å². The molecule has 1 amide bonds. The minimum absolute atomic E-state index is 0.204. The van der Waals surface area contributed by atoms with Crippen molar-refractivity contribution in [3.63, 3.8) is 0 Å². The monoisotopic (exact) mass is 292 g/mol. The van der Waals surface area contributed by atoms with E-state index in [0.29, 0.717) is 24.5 Å². The van der Waals surface area contributed by atoms with E-state index >= 15 is 0 Å². The van der Waals surface area contributed by atoms with Crippen LogP contribution in [0.5, 0.6) is 0 Å². The van der Waals surface area contributed by atoms with Crippen LogP contribution in [0.15, 0.2) is 4.52 Å². The molecule has 0 saturated carbocycles. The van der Waals surface area contributed by atoms with Gasteiger partial charge in [-0.3, -0.25) is 9.69 Å². The smallest absolute Gasteiger partial charge is 0.240 e. The van der Waals surface area contributed by atoms with Gasteiger partial charge in [0.2, 0.25) is 11.8 Å². The number of amides is 1. The lowest BCUT2D eigenvalue weighted by Crippen LogP contribution is -2.47. The van der Waals surface area contributed by atoms with Crippen LogP contribution in [0.3, 0.4) is 0 Å². The zero-order valence-electron chi connectivity index (χ0n) is 12.9. The maximum atomic E-state index is 11.8. The first-order chi connectivity index (χ1) is 10.2. The molecule has 0 aromatic carbocycles. The molecule has 0 unspecified atom stereocenters. The highest BCUT2D eigenvalue weighted by molar-refractivity contribution is 5.74. The van der Waals surface area contributed by atoms with Crippen molar-refractivity contribution in [1.29, 1.82) is 0 Å². The molecular formula is C15H24N4O2. The highest BCUT2D eigenvalue weighted by Gasteiger charge is 2.39. The van der Waals surface area contributed by atoms with Gasteiger partial charge in [-0.05, 0) is 32.2 Å². The first-order valence-corrected chi connectivity index (χ1v) is 8.01. The van der Waals surface area contributed by atoms with E-state index in [9.17, 15) is 4.79 Å². The predicted octanol–water partition coefficient (Wildman–Crippen LogP) is 1.61. The Bertz CT molecular complexity index is 502. The van der Waals surface area contributed by atoms with Gasteiger partial charge in [-0.1, -0.05) is 12.1 Å². The summed E-state index contributed by atoms with van der Waals surface area (Å²) in [7, 11) is 0. The molecule has 0 aliphatic carbocycles. The van der Waals surface area contributed by atoms with Crippen LogP contribution in [0.25, 0.3) is 0 Å². The summed E-state index contributed by atoms with van der Waals surface area (Å²) >= 11 is 0. The summed E-state index contributed by atoms with van der Waals surface area (Å²) in [6.45, 7) is 6.38. The largest absolute Gasteiger partial charge is 0.338 e. The van der Waals surface area contributed by atoms with Gasteiger partial charge in [-0.25, -0.2) is 0 Å². The molecule has 6 heteroatoms. The first-order valence-electron chi connectivity index (χ1n) is 8.01. The molecule has 1 aromatic heterocycles. The number of hydrogen-bond acceptors (Lipinski definition) is 5. The second-order valence-corrected chi connectivity index (χ2v) is 6.06. The van der Waals surface area contributed by atoms with Crippen molar-refractivity contribution in [3.8, 4) is 0 Å². The van der Waals surface area contributed by atoms with Crippen molar-refractivity contribution in [1.82, 2.24) is 19.9 Å². The number of carbonyl (C=O) groups excluding carboxylic acids is 1. The number of carbonyl (C=O) groups is 1. The molecule has 2 aliphatic heterocycles. The van der Waals surface area contributed by atoms with E-state index in [-0.39, 0.29) is 5.91 Å². The molecule has 116 valence electrons. The second-order valence-electron chi connectivity index (χ2n) is 6.06. The molecule has 0 spiro atoms. The van der Waals surface area contributed by atoms with E-state index in [1.807, 2.05) is 11.8 Å². The number of aryl methyl sites for hydroxylation is 1. The third kappa shape index (κ3) is 2.95. The van der Waals surface area contributed by atoms with E-state index in [1.54, 1.807) is 6.92 Å². The Morgan fingerprint density at radius 2 is 2.05 bits per heavy atom. The van der Waals surface area contributed by atoms with E-state index < -0.39 is 0 Å². The van der Waals surface area contributed by atoms with Crippen LogP contribution >= 0.6 is 0 Å². The molecule has 2 fully saturated rings. The summed E-state index contributed by atoms with van der Waals surface area (Å²) in [6.07, 6.45) is 5.37. The number of hydrogen-bond donors (Lipinski definition) is 0. The van der Waals surface area contributed by atoms with Crippen LogP contribution in [-0.4, -0.2) is 51.0 Å². The Kier molecular flexibility index (Phi) is 4.24. The van der Waals surface area contributed by atoms with Gasteiger partial charge in [-0.15, -0.1) is 0 Å². The van der Waals surface area contributed by atoms with Crippen molar-refractivity contribution < 1.29 is 9.32 Å². The standard InChI is InChI=1S/C15H24N4O2/c1-3-14-16-15(21-17-14)10-18-8-4-6-12(18)13-7-5-9-19(13)11(2)20/h12-13H,3-10H2,1-2H3/t12-,13-/m0/s1. The van der Waals surface area contributed by atoms with Gasteiger partial charge in [0, 0.05) is 32.0 Å². The molecule has 2 aliphatic rings. The molecule has 0 bridgehead atoms. The third-order valence-electron chi connectivity index (χ3n) is 4.73. The van der Waals surface area contributed by atoms with Crippen LogP contribution in [0.1, 0.15) is 51.2 Å². The van der Waals surface area contributed by atoms with Crippen LogP contribution < -0.4 is 0 Å². The van der Waals surface area contributed by atoms with Crippen LogP contribution in [0.4, 0.5) is 0 Å². The zero-order chi connectivity index (χ0) is 14.8. The molecule has 2 atom stereocenters. The Labute approximate surface area is 125 Å². The average Bonchev–Trinajstić information content (AvgIpc) is 3.18. The van der Waals surface area contributed by atoms with E-state index in [2.05, 4.69) is 15.0 Å². The Hall–Kier alpha value is -1.43. The molecule has 2 saturated heterocycles. The number of rotatable bonds is 4. The molecular weight excluding hydrogens is 268 g/mol. The third-order valence-corrected chi connectivity index (χ3v) is 4.73. The Balaban J connectivity index is 1.68. The van der Waals surface area contributed by atoms with Crippen molar-refractivity contribution >= 4 is 5.91 Å². The lowest BCUT2D eigenvalue weighted by molar-refractivity contribution is -0.130. The minimum Gasteiger partial charge on any atom is -0.338 e. The highest BCUT2D eigenvalue weighted by Crippen LogP contribution is 2.30. The van der Waals surface area contributed by atoms with Crippen molar-refractivity contribution in [2.45, 2.75) is 64.6 Å². The maximum Gasteiger partial charge on any atom is 0.240 e. The molecule has 3 rings (SSSR count). The molecule has 0 N–H and O–H groups in total. The Morgan fingerprint density at radius 3 is 2.76 bits per heavy atom. The maximum absolute atomic E-state index is 11.8. The SMILES string of the molecule is CCc1noc(CN2CCC[C@H]2[C@@H]2CCCN2C(C)=O)n1. The lowest BCUT2D eigenvalue weighted by Gasteiger charge is -2.33. The molecule has 0 radical (unpaired) electrons. The van der Waals surface area contributed by atoms with Crippen molar-refractivity contribution in [2.24, 2.45) is 0 Å². The summed E-state index contributed by atoms with van der Waals surface area (Å²) in [6, 6.07) is 0.798. The van der Waals surface area contributed by atoms with Gasteiger partial charge in [0.15, 0.2) is 5.82 Å². The predicted molar refractivity (Wildman–Crippen MR) is 77.5 cm³/mol. The average molecular weight is 292 g/mol. The van der Waals surface area contributed by atoms with Crippen LogP contribution in [-0.2, 0) is 17.8 Å². The number of aromatic nitrogens is 2. The van der Waals surface area contributed by atoms with E-state index in [1.165, 1.54) is 6.42 Å². The minimum atomic E-state index is 0.204. The van der Waals surface area contributed by atoms with Crippen molar-refractivity contribution in [2.75, 3.05) is 13.1 Å². The number of likely N-dealkylation sites (tertiary alicyclic amines) is 2. The second kappa shape index (κ2) is 6.13. The molecule has 1 aromatic rings. The number of nitrogens with zero attached hydrogens (tertiary/aromatic N) is 4. The van der Waals surface area contributed by atoms with Crippen LogP contribution in [0, 0.1) is 0 Å². The fourth-order valence-electron chi connectivity index (χ4n) is 3.74. The normalized spacial score (nSPS) is 26.7. The summed E-state index contributed by atoms with van der Waals surface area (Å²) in [5.74, 6) is 1.67. The van der Waals surface area contributed by atoms with E-state index in [0.717, 1.165) is 44.6 Å². The first kappa shape index (κ1) is 14.5. The quantitative estimate of drug-likeness (QED) is 0.843. The van der Waals surface area contributed by atoms with Gasteiger partial charge >= 0.3 is 0 Å². The highest BCUT2D eigenvalue weighted by atomic mass is 16.5. The lowest BCUT2D eigenvalue weighted by atomic mass is 10.0. The van der Waals surface area contributed by atoms with Gasteiger partial charge < -0.3 is 9.42 Å². The van der Waals surface area contributed by atoms with Crippen molar-refractivity contribution in [3.05, 3.63) is 11.7 Å². The summed E-state index contributed by atoms with van der Waals surface area (Å²) in [5, 5.41) is 3.97. The van der Waals surface area contributed by atoms with E-state index in [4.69, 9.17) is 4.52 Å². The molecule has 3 heterocycles. The zero-order valence-corrected chi connectivity index (χ0v) is 12.9. The molecule has 21 heavy (non-hydrogen) atoms. The van der Waals surface area contributed by atoms with Gasteiger partial charge in [-0.2, -0.15) is 4.98 Å². The van der Waals surface area contributed by atoms with Gasteiger partial charge in [0.25, 0.3) is 0 Å². The Morgan fingerprint density at radius 1 is 1.29 bits per heavy atom. The topological polar surface area (TPSA) is 62.5 Å². The summed E-state index contributed by atoms with van der Waals surface area (Å²) in [4.78, 5) is 20.7. The fourth-order valence-corrected chi connectivity index (χ4v) is 3.74. The molecule has 6 nitrogen and oxygen atoms in total. The summed E-state index contributed by atoms with van der Waals surface area (Å²) < 4.78 is 5.32. The van der Waals surface area contributed by atoms with Gasteiger partial charge in [0.1, 0.15) is 0 Å². The fraction of sp³-hybridized carbons (Fsp3) is 0.800. The summed E-state index contributed by atoms with van der Waals surface area (Å²) in [5.41, 5.74) is 0. The van der Waals surface area contributed by atoms with Crippen LogP contribution in [0.2, 0.25) is 0 Å².